The van der Waals surface area contributed by atoms with Crippen LogP contribution in [0, 0.1) is 8.80 Å². The predicted molar refractivity (Wildman–Crippen MR) is 74.7 cm³/mol. The lowest BCUT2D eigenvalue weighted by molar-refractivity contribution is 0.0719. The Labute approximate surface area is 113 Å². The second-order valence-electron chi connectivity index (χ2n) is 4.20. The van der Waals surface area contributed by atoms with Crippen molar-refractivity contribution in [3.05, 3.63) is 19.9 Å². The van der Waals surface area contributed by atoms with E-state index in [0.29, 0.717) is 12.5 Å². The molecule has 1 aromatic rings. The van der Waals surface area contributed by atoms with Gasteiger partial charge in [-0.3, -0.25) is 4.79 Å². The first-order valence-corrected chi connectivity index (χ1v) is 7.30. The number of likely N-dealkylation sites (N-methyl/N-ethyl adjacent to an activating group) is 1. The molecule has 0 saturated heterocycles. The molecule has 1 saturated carbocycles. The van der Waals surface area contributed by atoms with Gasteiger partial charge in [-0.15, -0.1) is 11.3 Å². The molecule has 2 rings (SSSR count). The van der Waals surface area contributed by atoms with Gasteiger partial charge in [0.05, 0.1) is 8.45 Å². The highest BCUT2D eigenvalue weighted by atomic mass is 127. The molecule has 16 heavy (non-hydrogen) atoms. The van der Waals surface area contributed by atoms with E-state index in [2.05, 4.69) is 22.6 Å². The molecular weight excluding hydrogens is 335 g/mol. The Balaban J connectivity index is 2.08. The Morgan fingerprint density at radius 1 is 1.75 bits per heavy atom. The van der Waals surface area contributed by atoms with Crippen molar-refractivity contribution in [3.8, 4) is 0 Å². The molecule has 1 amide bonds. The topological polar surface area (TPSA) is 46.3 Å². The quantitative estimate of drug-likeness (QED) is 0.846. The summed E-state index contributed by atoms with van der Waals surface area (Å²) >= 11 is 3.83. The number of rotatable bonds is 4. The van der Waals surface area contributed by atoms with Crippen LogP contribution in [0.3, 0.4) is 0 Å². The Morgan fingerprint density at radius 3 is 2.88 bits per heavy atom. The molecule has 5 heteroatoms. The van der Waals surface area contributed by atoms with Crippen LogP contribution in [0.1, 0.15) is 23.2 Å². The molecule has 3 nitrogen and oxygen atoms in total. The maximum absolute atomic E-state index is 12.2. The van der Waals surface area contributed by atoms with Gasteiger partial charge in [0.15, 0.2) is 0 Å². The number of carbonyl (C=O) groups excluding carboxylic acids is 1. The van der Waals surface area contributed by atoms with E-state index >= 15 is 0 Å². The van der Waals surface area contributed by atoms with Crippen LogP contribution in [0.25, 0.3) is 0 Å². The Bertz CT molecular complexity index is 389. The van der Waals surface area contributed by atoms with Crippen LogP contribution in [-0.4, -0.2) is 30.4 Å². The maximum Gasteiger partial charge on any atom is 0.254 e. The van der Waals surface area contributed by atoms with Crippen LogP contribution in [-0.2, 0) is 0 Å². The summed E-state index contributed by atoms with van der Waals surface area (Å²) in [7, 11) is 1.86. The van der Waals surface area contributed by atoms with E-state index in [1.807, 2.05) is 23.4 Å². The fraction of sp³-hybridized carbons (Fsp3) is 0.545. The standard InChI is InChI=1S/C11H15IN2OS/c1-14(9(5-13)7-2-3-7)11(15)8-4-10(12)16-6-8/h4,6-7,9H,2-3,5,13H2,1H3. The van der Waals surface area contributed by atoms with Crippen LogP contribution in [0.15, 0.2) is 11.4 Å². The highest BCUT2D eigenvalue weighted by molar-refractivity contribution is 14.1. The monoisotopic (exact) mass is 350 g/mol. The number of carbonyl (C=O) groups is 1. The zero-order chi connectivity index (χ0) is 11.7. The van der Waals surface area contributed by atoms with E-state index < -0.39 is 0 Å². The minimum absolute atomic E-state index is 0.0986. The first-order valence-electron chi connectivity index (χ1n) is 5.34. The molecule has 0 aromatic carbocycles. The fourth-order valence-corrected chi connectivity index (χ4v) is 3.24. The van der Waals surface area contributed by atoms with E-state index in [1.54, 1.807) is 11.3 Å². The number of halogens is 1. The first kappa shape index (κ1) is 12.3. The summed E-state index contributed by atoms with van der Waals surface area (Å²) in [4.78, 5) is 14.0. The molecule has 1 aliphatic carbocycles. The van der Waals surface area contributed by atoms with Crippen LogP contribution >= 0.6 is 33.9 Å². The van der Waals surface area contributed by atoms with Gasteiger partial charge in [-0.25, -0.2) is 0 Å². The fourth-order valence-electron chi connectivity index (χ4n) is 1.92. The largest absolute Gasteiger partial charge is 0.337 e. The summed E-state index contributed by atoms with van der Waals surface area (Å²) in [6.45, 7) is 0.564. The second kappa shape index (κ2) is 5.01. The van der Waals surface area contributed by atoms with Crippen molar-refractivity contribution in [2.45, 2.75) is 18.9 Å². The molecule has 0 aliphatic heterocycles. The van der Waals surface area contributed by atoms with Gasteiger partial charge in [0, 0.05) is 25.0 Å². The van der Waals surface area contributed by atoms with Gasteiger partial charge in [-0.1, -0.05) is 0 Å². The molecule has 0 spiro atoms. The van der Waals surface area contributed by atoms with E-state index in [1.165, 1.54) is 12.8 Å². The molecule has 1 unspecified atom stereocenters. The van der Waals surface area contributed by atoms with Gasteiger partial charge in [-0.2, -0.15) is 0 Å². The maximum atomic E-state index is 12.2. The molecule has 0 bridgehead atoms. The SMILES string of the molecule is CN(C(=O)c1csc(I)c1)C(CN)C1CC1. The second-order valence-corrected chi connectivity index (χ2v) is 7.00. The average Bonchev–Trinajstić information content (AvgIpc) is 3.00. The summed E-state index contributed by atoms with van der Waals surface area (Å²) < 4.78 is 1.14. The average molecular weight is 350 g/mol. The number of amides is 1. The summed E-state index contributed by atoms with van der Waals surface area (Å²) in [6, 6.07) is 2.15. The number of hydrogen-bond acceptors (Lipinski definition) is 3. The van der Waals surface area contributed by atoms with Crippen LogP contribution < -0.4 is 5.73 Å². The van der Waals surface area contributed by atoms with E-state index in [-0.39, 0.29) is 11.9 Å². The Hall–Kier alpha value is -0.140. The highest BCUT2D eigenvalue weighted by Crippen LogP contribution is 2.35. The minimum Gasteiger partial charge on any atom is -0.337 e. The van der Waals surface area contributed by atoms with Crippen LogP contribution in [0.2, 0.25) is 0 Å². The van der Waals surface area contributed by atoms with Crippen molar-refractivity contribution < 1.29 is 4.79 Å². The van der Waals surface area contributed by atoms with Gasteiger partial charge in [0.25, 0.3) is 5.91 Å². The third-order valence-electron chi connectivity index (χ3n) is 3.04. The van der Waals surface area contributed by atoms with Crippen molar-refractivity contribution in [3.63, 3.8) is 0 Å². The smallest absolute Gasteiger partial charge is 0.254 e. The normalized spacial score (nSPS) is 17.2. The third kappa shape index (κ3) is 2.57. The molecule has 2 N–H and O–H groups in total. The third-order valence-corrected chi connectivity index (χ3v) is 4.83. The zero-order valence-electron chi connectivity index (χ0n) is 9.15. The summed E-state index contributed by atoms with van der Waals surface area (Å²) in [5, 5.41) is 1.92. The molecule has 1 fully saturated rings. The lowest BCUT2D eigenvalue weighted by atomic mass is 10.1. The zero-order valence-corrected chi connectivity index (χ0v) is 12.1. The molecular formula is C11H15IN2OS. The van der Waals surface area contributed by atoms with Crippen LogP contribution in [0.4, 0.5) is 0 Å². The number of nitrogens with zero attached hydrogens (tertiary/aromatic N) is 1. The van der Waals surface area contributed by atoms with Gasteiger partial charge in [0.1, 0.15) is 0 Å². The molecule has 0 radical (unpaired) electrons. The summed E-state index contributed by atoms with van der Waals surface area (Å²) in [5.41, 5.74) is 6.53. The Morgan fingerprint density at radius 2 is 2.44 bits per heavy atom. The highest BCUT2D eigenvalue weighted by Gasteiger charge is 2.35. The molecule has 1 atom stereocenters. The van der Waals surface area contributed by atoms with Crippen molar-refractivity contribution in [2.75, 3.05) is 13.6 Å². The van der Waals surface area contributed by atoms with E-state index in [4.69, 9.17) is 5.73 Å². The van der Waals surface area contributed by atoms with Gasteiger partial charge < -0.3 is 10.6 Å². The van der Waals surface area contributed by atoms with E-state index in [9.17, 15) is 4.79 Å². The number of hydrogen-bond donors (Lipinski definition) is 1. The van der Waals surface area contributed by atoms with Gasteiger partial charge in [-0.05, 0) is 47.4 Å². The van der Waals surface area contributed by atoms with Crippen LogP contribution in [0.5, 0.6) is 0 Å². The van der Waals surface area contributed by atoms with E-state index in [0.717, 1.165) is 8.45 Å². The van der Waals surface area contributed by atoms with Crippen molar-refractivity contribution >= 4 is 39.8 Å². The number of nitrogens with two attached hydrogens (primary N) is 1. The first-order chi connectivity index (χ1) is 7.63. The predicted octanol–water partition coefficient (Wildman–Crippen LogP) is 2.16. The molecule has 1 heterocycles. The summed E-state index contributed by atoms with van der Waals surface area (Å²) in [6.07, 6.45) is 2.42. The van der Waals surface area contributed by atoms with Gasteiger partial charge >= 0.3 is 0 Å². The van der Waals surface area contributed by atoms with Crippen molar-refractivity contribution in [1.29, 1.82) is 0 Å². The molecule has 88 valence electrons. The lowest BCUT2D eigenvalue weighted by Gasteiger charge is -2.26. The molecule has 1 aliphatic rings. The minimum atomic E-state index is 0.0986. The summed E-state index contributed by atoms with van der Waals surface area (Å²) in [5.74, 6) is 0.721. The lowest BCUT2D eigenvalue weighted by Crippen LogP contribution is -2.43. The van der Waals surface area contributed by atoms with Gasteiger partial charge in [0.2, 0.25) is 0 Å². The van der Waals surface area contributed by atoms with Crippen molar-refractivity contribution in [1.82, 2.24) is 4.90 Å². The van der Waals surface area contributed by atoms with Crippen molar-refractivity contribution in [2.24, 2.45) is 11.7 Å². The Kier molecular flexibility index (Phi) is 3.86. The molecule has 1 aromatic heterocycles. The number of thiophene rings is 1.